The number of sulfone groups is 1. The number of nitrogens with two attached hydrogens (primary N) is 1. The fourth-order valence-corrected chi connectivity index (χ4v) is 1.69. The van der Waals surface area contributed by atoms with Crippen molar-refractivity contribution >= 4 is 9.84 Å². The Morgan fingerprint density at radius 2 is 1.75 bits per heavy atom. The second-order valence-electron chi connectivity index (χ2n) is 2.19. The molecule has 0 bridgehead atoms. The summed E-state index contributed by atoms with van der Waals surface area (Å²) in [6.07, 6.45) is 1.02. The summed E-state index contributed by atoms with van der Waals surface area (Å²) in [6.45, 7) is 0. The molecule has 0 heterocycles. The van der Waals surface area contributed by atoms with Crippen LogP contribution in [0, 0.1) is 0 Å². The van der Waals surface area contributed by atoms with Crippen LogP contribution in [-0.4, -0.2) is 8.42 Å². The Balaban J connectivity index is 3.16. The number of rotatable bonds is 2. The third-order valence-electron chi connectivity index (χ3n) is 1.33. The zero-order chi connectivity index (χ0) is 9.03. The lowest BCUT2D eigenvalue weighted by molar-refractivity contribution is 0.604. The maximum absolute atomic E-state index is 11.3. The quantitative estimate of drug-likeness (QED) is 0.740. The van der Waals surface area contributed by atoms with Gasteiger partial charge in [0.15, 0.2) is 0 Å². The lowest BCUT2D eigenvalue weighted by atomic mass is 10.4. The summed E-state index contributed by atoms with van der Waals surface area (Å²) in [5, 5.41) is 0.975. The third kappa shape index (κ3) is 1.85. The van der Waals surface area contributed by atoms with Gasteiger partial charge in [-0.3, -0.25) is 0 Å². The summed E-state index contributed by atoms with van der Waals surface area (Å²) in [5.41, 5.74) is 4.99. The highest BCUT2D eigenvalue weighted by atomic mass is 32.2. The molecule has 1 aromatic rings. The molecule has 64 valence electrons. The van der Waals surface area contributed by atoms with Gasteiger partial charge in [-0.15, -0.1) is 0 Å². The van der Waals surface area contributed by atoms with Gasteiger partial charge in [0.05, 0.1) is 10.3 Å². The maximum atomic E-state index is 11.3. The molecule has 1 aromatic carbocycles. The molecule has 0 aliphatic heterocycles. The minimum absolute atomic E-state index is 0.256. The van der Waals surface area contributed by atoms with Crippen LogP contribution in [-0.2, 0) is 9.84 Å². The molecule has 0 aliphatic carbocycles. The predicted octanol–water partition coefficient (Wildman–Crippen LogP) is 0.890. The molecule has 0 saturated carbocycles. The van der Waals surface area contributed by atoms with Crippen LogP contribution in [0.25, 0.3) is 0 Å². The molecule has 0 atom stereocenters. The average Bonchev–Trinajstić information content (AvgIpc) is 2.06. The molecular formula is C8H9NO2S. The van der Waals surface area contributed by atoms with Gasteiger partial charge in [-0.2, -0.15) is 0 Å². The van der Waals surface area contributed by atoms with E-state index in [2.05, 4.69) is 0 Å². The standard InChI is InChI=1S/C8H9NO2S/c9-6-7-12(10,11)8-4-2-1-3-5-8/h1-7H,9H2/b7-6+. The van der Waals surface area contributed by atoms with Crippen LogP contribution in [0.3, 0.4) is 0 Å². The first kappa shape index (κ1) is 8.80. The van der Waals surface area contributed by atoms with Gasteiger partial charge in [0, 0.05) is 6.20 Å². The molecule has 0 aliphatic rings. The molecule has 1 rings (SSSR count). The molecule has 0 aromatic heterocycles. The van der Waals surface area contributed by atoms with Gasteiger partial charge in [-0.1, -0.05) is 18.2 Å². The molecule has 0 spiro atoms. The first-order valence-corrected chi connectivity index (χ1v) is 4.90. The van der Waals surface area contributed by atoms with Crippen LogP contribution < -0.4 is 5.73 Å². The van der Waals surface area contributed by atoms with E-state index in [1.807, 2.05) is 0 Å². The number of hydrogen-bond acceptors (Lipinski definition) is 3. The molecule has 0 unspecified atom stereocenters. The van der Waals surface area contributed by atoms with Crippen LogP contribution >= 0.6 is 0 Å². The van der Waals surface area contributed by atoms with Crippen molar-refractivity contribution < 1.29 is 8.42 Å². The second-order valence-corrected chi connectivity index (χ2v) is 4.02. The Morgan fingerprint density at radius 1 is 1.17 bits per heavy atom. The van der Waals surface area contributed by atoms with E-state index in [1.165, 1.54) is 12.1 Å². The Hall–Kier alpha value is -1.29. The van der Waals surface area contributed by atoms with Crippen molar-refractivity contribution in [3.8, 4) is 0 Å². The van der Waals surface area contributed by atoms with E-state index in [9.17, 15) is 8.42 Å². The molecule has 2 N–H and O–H groups in total. The van der Waals surface area contributed by atoms with E-state index in [0.717, 1.165) is 11.6 Å². The lowest BCUT2D eigenvalue weighted by Gasteiger charge is -1.95. The first-order valence-electron chi connectivity index (χ1n) is 3.35. The first-order chi connectivity index (χ1) is 5.67. The van der Waals surface area contributed by atoms with E-state index >= 15 is 0 Å². The van der Waals surface area contributed by atoms with Gasteiger partial charge < -0.3 is 5.73 Å². The van der Waals surface area contributed by atoms with Crippen molar-refractivity contribution in [2.75, 3.05) is 0 Å². The van der Waals surface area contributed by atoms with Crippen LogP contribution in [0.1, 0.15) is 0 Å². The maximum Gasteiger partial charge on any atom is 0.201 e. The smallest absolute Gasteiger partial charge is 0.201 e. The van der Waals surface area contributed by atoms with Crippen LogP contribution in [0.5, 0.6) is 0 Å². The zero-order valence-corrected chi connectivity index (χ0v) is 7.16. The van der Waals surface area contributed by atoms with Crippen LogP contribution in [0.15, 0.2) is 46.8 Å². The van der Waals surface area contributed by atoms with Gasteiger partial charge in [0.2, 0.25) is 9.84 Å². The average molecular weight is 183 g/mol. The summed E-state index contributed by atoms with van der Waals surface area (Å²) in [6, 6.07) is 8.13. The molecule has 0 radical (unpaired) electrons. The highest BCUT2D eigenvalue weighted by Crippen LogP contribution is 2.09. The third-order valence-corrected chi connectivity index (χ3v) is 2.77. The van der Waals surface area contributed by atoms with E-state index in [1.54, 1.807) is 18.2 Å². The summed E-state index contributed by atoms with van der Waals surface area (Å²) in [4.78, 5) is 0.256. The van der Waals surface area contributed by atoms with Gasteiger partial charge in [0.1, 0.15) is 0 Å². The molecule has 0 amide bonds. The van der Waals surface area contributed by atoms with Crippen LogP contribution in [0.2, 0.25) is 0 Å². The SMILES string of the molecule is N/C=C/S(=O)(=O)c1ccccc1. The predicted molar refractivity (Wildman–Crippen MR) is 47.0 cm³/mol. The Morgan fingerprint density at radius 3 is 2.25 bits per heavy atom. The van der Waals surface area contributed by atoms with Crippen molar-refractivity contribution in [2.45, 2.75) is 4.90 Å². The van der Waals surface area contributed by atoms with E-state index in [0.29, 0.717) is 0 Å². The summed E-state index contributed by atoms with van der Waals surface area (Å²) < 4.78 is 22.5. The summed E-state index contributed by atoms with van der Waals surface area (Å²) in [5.74, 6) is 0. The van der Waals surface area contributed by atoms with Crippen LogP contribution in [0.4, 0.5) is 0 Å². The lowest BCUT2D eigenvalue weighted by Crippen LogP contribution is -1.96. The number of hydrogen-bond donors (Lipinski definition) is 1. The topological polar surface area (TPSA) is 60.2 Å². The Bertz CT molecular complexity index is 367. The van der Waals surface area contributed by atoms with Crippen molar-refractivity contribution in [3.63, 3.8) is 0 Å². The minimum atomic E-state index is -3.32. The van der Waals surface area contributed by atoms with E-state index in [-0.39, 0.29) is 4.90 Å². The van der Waals surface area contributed by atoms with Gasteiger partial charge in [-0.05, 0) is 12.1 Å². The molecule has 3 nitrogen and oxygen atoms in total. The summed E-state index contributed by atoms with van der Waals surface area (Å²) >= 11 is 0. The second kappa shape index (κ2) is 3.40. The van der Waals surface area contributed by atoms with E-state index in [4.69, 9.17) is 5.73 Å². The van der Waals surface area contributed by atoms with Gasteiger partial charge >= 0.3 is 0 Å². The molecule has 4 heteroatoms. The van der Waals surface area contributed by atoms with Gasteiger partial charge in [-0.25, -0.2) is 8.42 Å². The highest BCUT2D eigenvalue weighted by molar-refractivity contribution is 7.94. The summed E-state index contributed by atoms with van der Waals surface area (Å²) in [7, 11) is -3.32. The monoisotopic (exact) mass is 183 g/mol. The molecule has 0 saturated heterocycles. The Kier molecular flexibility index (Phi) is 2.50. The van der Waals surface area contributed by atoms with Crippen molar-refractivity contribution in [2.24, 2.45) is 5.73 Å². The van der Waals surface area contributed by atoms with Crippen molar-refractivity contribution in [1.82, 2.24) is 0 Å². The molecule has 12 heavy (non-hydrogen) atoms. The van der Waals surface area contributed by atoms with E-state index < -0.39 is 9.84 Å². The fourth-order valence-electron chi connectivity index (χ4n) is 0.792. The largest absolute Gasteiger partial charge is 0.404 e. The van der Waals surface area contributed by atoms with Gasteiger partial charge in [0.25, 0.3) is 0 Å². The molecular weight excluding hydrogens is 174 g/mol. The minimum Gasteiger partial charge on any atom is -0.404 e. The fraction of sp³-hybridized carbons (Fsp3) is 0. The normalized spacial score (nSPS) is 12.0. The Labute approximate surface area is 71.4 Å². The molecule has 0 fully saturated rings. The van der Waals surface area contributed by atoms with Crippen molar-refractivity contribution in [1.29, 1.82) is 0 Å². The zero-order valence-electron chi connectivity index (χ0n) is 6.34. The van der Waals surface area contributed by atoms with Crippen molar-refractivity contribution in [3.05, 3.63) is 41.9 Å². The highest BCUT2D eigenvalue weighted by Gasteiger charge is 2.07. The number of benzene rings is 1.